The number of hydrogen-bond acceptors (Lipinski definition) is 4. The molecule has 0 aromatic heterocycles. The molecular weight excluding hydrogens is 390 g/mol. The number of anilines is 1. The summed E-state index contributed by atoms with van der Waals surface area (Å²) in [6, 6.07) is 7.16. The van der Waals surface area contributed by atoms with Gasteiger partial charge in [0.15, 0.2) is 0 Å². The quantitative estimate of drug-likeness (QED) is 0.736. The Balaban J connectivity index is 1.17. The predicted molar refractivity (Wildman–Crippen MR) is 121 cm³/mol. The van der Waals surface area contributed by atoms with Gasteiger partial charge in [-0.2, -0.15) is 0 Å². The van der Waals surface area contributed by atoms with Crippen LogP contribution >= 0.6 is 0 Å². The van der Waals surface area contributed by atoms with Crippen LogP contribution in [-0.4, -0.2) is 55.7 Å². The van der Waals surface area contributed by atoms with E-state index in [1.54, 1.807) is 4.90 Å². The summed E-state index contributed by atoms with van der Waals surface area (Å²) in [4.78, 5) is 27.4. The maximum absolute atomic E-state index is 11.9. The van der Waals surface area contributed by atoms with Crippen molar-refractivity contribution in [1.29, 1.82) is 0 Å². The number of nitrogens with one attached hydrogen (secondary N) is 1. The van der Waals surface area contributed by atoms with Gasteiger partial charge in [0, 0.05) is 43.9 Å². The fourth-order valence-corrected chi connectivity index (χ4v) is 4.83. The molecule has 6 nitrogen and oxygen atoms in total. The molecule has 166 valence electrons. The maximum atomic E-state index is 11.9. The highest BCUT2D eigenvalue weighted by atomic mass is 16.5. The lowest BCUT2D eigenvalue weighted by Gasteiger charge is -2.35. The van der Waals surface area contributed by atoms with E-state index in [4.69, 9.17) is 4.74 Å². The molecule has 0 bridgehead atoms. The number of ether oxygens (including phenoxy) is 1. The Morgan fingerprint density at radius 1 is 0.968 bits per heavy atom. The SMILES string of the molecule is O=C1CCN(c2ccc(C#CCOC3CCN(CC4CCCCC4)CC3)cc2)C(=O)N1. The van der Waals surface area contributed by atoms with Crippen molar-refractivity contribution in [3.05, 3.63) is 29.8 Å². The summed E-state index contributed by atoms with van der Waals surface area (Å²) in [6.45, 7) is 4.42. The molecule has 1 saturated carbocycles. The van der Waals surface area contributed by atoms with Gasteiger partial charge in [0.1, 0.15) is 6.61 Å². The number of rotatable bonds is 5. The Hall–Kier alpha value is -2.36. The Bertz CT molecular complexity index is 813. The number of benzene rings is 1. The lowest BCUT2D eigenvalue weighted by Crippen LogP contribution is -2.49. The standard InChI is InChI=1S/C25H33N3O3/c29-24-14-17-28(25(30)26-24)22-10-8-20(9-11-22)7-4-18-31-23-12-15-27(16-13-23)19-21-5-2-1-3-6-21/h8-11,21,23H,1-3,5-6,12-19H2,(H,26,29,30). The molecule has 1 aromatic carbocycles. The van der Waals surface area contributed by atoms with Gasteiger partial charge in [0.05, 0.1) is 6.10 Å². The number of piperidine rings is 1. The maximum Gasteiger partial charge on any atom is 0.328 e. The lowest BCUT2D eigenvalue weighted by molar-refractivity contribution is -0.120. The molecule has 3 aliphatic rings. The van der Waals surface area contributed by atoms with Gasteiger partial charge in [-0.1, -0.05) is 31.1 Å². The van der Waals surface area contributed by atoms with Crippen molar-refractivity contribution in [1.82, 2.24) is 10.2 Å². The van der Waals surface area contributed by atoms with E-state index >= 15 is 0 Å². The second kappa shape index (κ2) is 10.8. The van der Waals surface area contributed by atoms with E-state index in [2.05, 4.69) is 22.1 Å². The second-order valence-corrected chi connectivity index (χ2v) is 8.92. The molecule has 1 aliphatic carbocycles. The first-order valence-corrected chi connectivity index (χ1v) is 11.7. The Kier molecular flexibility index (Phi) is 7.61. The van der Waals surface area contributed by atoms with Gasteiger partial charge >= 0.3 is 6.03 Å². The van der Waals surface area contributed by atoms with E-state index in [0.717, 1.165) is 43.1 Å². The Morgan fingerprint density at radius 2 is 1.71 bits per heavy atom. The van der Waals surface area contributed by atoms with Crippen LogP contribution in [0.3, 0.4) is 0 Å². The third-order valence-electron chi connectivity index (χ3n) is 6.63. The monoisotopic (exact) mass is 423 g/mol. The molecule has 31 heavy (non-hydrogen) atoms. The molecular formula is C25H33N3O3. The zero-order valence-electron chi connectivity index (χ0n) is 18.3. The number of likely N-dealkylation sites (tertiary alicyclic amines) is 1. The first-order valence-electron chi connectivity index (χ1n) is 11.7. The molecule has 6 heteroatoms. The molecule has 1 aromatic rings. The van der Waals surface area contributed by atoms with Crippen molar-refractivity contribution < 1.29 is 14.3 Å². The van der Waals surface area contributed by atoms with E-state index in [1.165, 1.54) is 38.6 Å². The molecule has 0 atom stereocenters. The van der Waals surface area contributed by atoms with Crippen molar-refractivity contribution in [2.75, 3.05) is 37.7 Å². The lowest BCUT2D eigenvalue weighted by atomic mass is 9.88. The van der Waals surface area contributed by atoms with Gasteiger partial charge in [0.2, 0.25) is 5.91 Å². The third kappa shape index (κ3) is 6.32. The zero-order valence-corrected chi connectivity index (χ0v) is 18.3. The number of carbonyl (C=O) groups excluding carboxylic acids is 2. The fraction of sp³-hybridized carbons (Fsp3) is 0.600. The summed E-state index contributed by atoms with van der Waals surface area (Å²) >= 11 is 0. The molecule has 2 saturated heterocycles. The van der Waals surface area contributed by atoms with E-state index in [9.17, 15) is 9.59 Å². The van der Waals surface area contributed by atoms with Crippen LogP contribution in [0, 0.1) is 17.8 Å². The topological polar surface area (TPSA) is 61.9 Å². The average Bonchev–Trinajstić information content (AvgIpc) is 2.79. The summed E-state index contributed by atoms with van der Waals surface area (Å²) in [5.74, 6) is 6.94. The number of nitrogens with zero attached hydrogens (tertiary/aromatic N) is 2. The number of urea groups is 1. The van der Waals surface area contributed by atoms with E-state index in [1.807, 2.05) is 24.3 Å². The van der Waals surface area contributed by atoms with Crippen LogP contribution in [0.1, 0.15) is 56.9 Å². The largest absolute Gasteiger partial charge is 0.365 e. The molecule has 3 fully saturated rings. The summed E-state index contributed by atoms with van der Waals surface area (Å²) < 4.78 is 5.99. The normalized spacial score (nSPS) is 21.5. The van der Waals surface area contributed by atoms with Crippen LogP contribution in [0.25, 0.3) is 0 Å². The first-order chi connectivity index (χ1) is 15.2. The van der Waals surface area contributed by atoms with Gasteiger partial charge < -0.3 is 9.64 Å². The zero-order chi connectivity index (χ0) is 21.5. The number of carbonyl (C=O) groups is 2. The highest BCUT2D eigenvalue weighted by molar-refractivity contribution is 6.05. The van der Waals surface area contributed by atoms with Gasteiger partial charge in [-0.25, -0.2) is 4.79 Å². The highest BCUT2D eigenvalue weighted by Crippen LogP contribution is 2.26. The molecule has 0 unspecified atom stereocenters. The average molecular weight is 424 g/mol. The molecule has 1 N–H and O–H groups in total. The van der Waals surface area contributed by atoms with Crippen molar-refractivity contribution >= 4 is 17.6 Å². The number of imide groups is 1. The fourth-order valence-electron chi connectivity index (χ4n) is 4.83. The highest BCUT2D eigenvalue weighted by Gasteiger charge is 2.24. The van der Waals surface area contributed by atoms with E-state index in [0.29, 0.717) is 25.7 Å². The van der Waals surface area contributed by atoms with E-state index < -0.39 is 0 Å². The molecule has 3 amide bonds. The van der Waals surface area contributed by atoms with Crippen molar-refractivity contribution in [2.45, 2.75) is 57.5 Å². The molecule has 0 spiro atoms. The summed E-state index contributed by atoms with van der Waals surface area (Å²) in [5.41, 5.74) is 1.66. The smallest absolute Gasteiger partial charge is 0.328 e. The van der Waals surface area contributed by atoms with Gasteiger partial charge in [0.25, 0.3) is 0 Å². The van der Waals surface area contributed by atoms with Gasteiger partial charge in [-0.3, -0.25) is 15.0 Å². The Labute approximate surface area is 185 Å². The van der Waals surface area contributed by atoms with Crippen molar-refractivity contribution in [2.24, 2.45) is 5.92 Å². The number of amides is 3. The summed E-state index contributed by atoms with van der Waals surface area (Å²) in [7, 11) is 0. The van der Waals surface area contributed by atoms with Crippen LogP contribution in [0.2, 0.25) is 0 Å². The minimum atomic E-state index is -0.367. The van der Waals surface area contributed by atoms with Gasteiger partial charge in [-0.15, -0.1) is 0 Å². The number of hydrogen-bond donors (Lipinski definition) is 1. The van der Waals surface area contributed by atoms with Gasteiger partial charge in [-0.05, 0) is 55.9 Å². The minimum Gasteiger partial charge on any atom is -0.365 e. The second-order valence-electron chi connectivity index (χ2n) is 8.92. The molecule has 2 aliphatic heterocycles. The minimum absolute atomic E-state index is 0.223. The van der Waals surface area contributed by atoms with Crippen molar-refractivity contribution in [3.8, 4) is 11.8 Å². The Morgan fingerprint density at radius 3 is 2.42 bits per heavy atom. The third-order valence-corrected chi connectivity index (χ3v) is 6.63. The van der Waals surface area contributed by atoms with Crippen LogP contribution in [0.5, 0.6) is 0 Å². The van der Waals surface area contributed by atoms with Crippen LogP contribution in [0.4, 0.5) is 10.5 Å². The summed E-state index contributed by atoms with van der Waals surface area (Å²) in [5, 5.41) is 2.34. The van der Waals surface area contributed by atoms with E-state index in [-0.39, 0.29) is 11.9 Å². The van der Waals surface area contributed by atoms with Crippen LogP contribution in [0.15, 0.2) is 24.3 Å². The van der Waals surface area contributed by atoms with Crippen LogP contribution in [-0.2, 0) is 9.53 Å². The van der Waals surface area contributed by atoms with Crippen LogP contribution < -0.4 is 10.2 Å². The molecule has 4 rings (SSSR count). The molecule has 0 radical (unpaired) electrons. The summed E-state index contributed by atoms with van der Waals surface area (Å²) in [6.07, 6.45) is 9.93. The van der Waals surface area contributed by atoms with Crippen molar-refractivity contribution in [3.63, 3.8) is 0 Å². The molecule has 2 heterocycles. The predicted octanol–water partition coefficient (Wildman–Crippen LogP) is 3.55. The first kappa shape index (κ1) is 21.9.